The van der Waals surface area contributed by atoms with Crippen LogP contribution in [0.5, 0.6) is 0 Å². The molecular formula is C13H12BrN3O3S. The van der Waals surface area contributed by atoms with Gasteiger partial charge in [-0.2, -0.15) is 0 Å². The highest BCUT2D eigenvalue weighted by atomic mass is 79.9. The van der Waals surface area contributed by atoms with E-state index in [1.807, 2.05) is 0 Å². The molecule has 2 N–H and O–H groups in total. The molecule has 6 nitrogen and oxygen atoms in total. The lowest BCUT2D eigenvalue weighted by Crippen LogP contribution is -2.21. The zero-order valence-corrected chi connectivity index (χ0v) is 13.4. The molecule has 0 fully saturated rings. The zero-order valence-electron chi connectivity index (χ0n) is 11.0. The van der Waals surface area contributed by atoms with E-state index < -0.39 is 15.9 Å². The molecular weight excluding hydrogens is 358 g/mol. The number of halogens is 1. The van der Waals surface area contributed by atoms with E-state index in [-0.39, 0.29) is 10.6 Å². The van der Waals surface area contributed by atoms with Crippen LogP contribution < -0.4 is 10.0 Å². The molecule has 0 saturated heterocycles. The maximum absolute atomic E-state index is 12.1. The van der Waals surface area contributed by atoms with Crippen LogP contribution in [0.2, 0.25) is 0 Å². The molecule has 1 heterocycles. The molecule has 21 heavy (non-hydrogen) atoms. The fourth-order valence-corrected chi connectivity index (χ4v) is 2.74. The third-order valence-corrected chi connectivity index (χ3v) is 4.62. The Morgan fingerprint density at radius 3 is 2.52 bits per heavy atom. The van der Waals surface area contributed by atoms with Crippen LogP contribution in [0.1, 0.15) is 10.4 Å². The van der Waals surface area contributed by atoms with Gasteiger partial charge >= 0.3 is 0 Å². The standard InChI is InChI=1S/C13H12BrN3O3S/c1-15-21(19,20)11-5-3-2-4-10(11)17-13(18)9-6-7-12(14)16-8-9/h2-8,15H,1H3,(H,17,18). The number of anilines is 1. The first kappa shape index (κ1) is 15.6. The molecule has 1 aromatic heterocycles. The molecule has 2 rings (SSSR count). The lowest BCUT2D eigenvalue weighted by molar-refractivity contribution is 0.102. The number of rotatable bonds is 4. The summed E-state index contributed by atoms with van der Waals surface area (Å²) in [4.78, 5) is 16.1. The van der Waals surface area contributed by atoms with Crippen LogP contribution in [0.25, 0.3) is 0 Å². The van der Waals surface area contributed by atoms with Gasteiger partial charge in [-0.15, -0.1) is 0 Å². The SMILES string of the molecule is CNS(=O)(=O)c1ccccc1NC(=O)c1ccc(Br)nc1. The van der Waals surface area contributed by atoms with Crippen molar-refractivity contribution in [2.75, 3.05) is 12.4 Å². The van der Waals surface area contributed by atoms with Gasteiger partial charge in [0.25, 0.3) is 5.91 Å². The van der Waals surface area contributed by atoms with Crippen molar-refractivity contribution < 1.29 is 13.2 Å². The number of carbonyl (C=O) groups is 1. The van der Waals surface area contributed by atoms with Crippen LogP contribution >= 0.6 is 15.9 Å². The van der Waals surface area contributed by atoms with Gasteiger partial charge in [0.15, 0.2) is 0 Å². The van der Waals surface area contributed by atoms with Crippen LogP contribution in [0.4, 0.5) is 5.69 Å². The number of carbonyl (C=O) groups excluding carboxylic acids is 1. The average Bonchev–Trinajstić information content (AvgIpc) is 2.48. The van der Waals surface area contributed by atoms with Crippen molar-refractivity contribution in [2.45, 2.75) is 4.90 Å². The Hall–Kier alpha value is -1.77. The van der Waals surface area contributed by atoms with Crippen LogP contribution in [-0.4, -0.2) is 26.4 Å². The van der Waals surface area contributed by atoms with E-state index in [0.717, 1.165) is 0 Å². The minimum atomic E-state index is -3.65. The largest absolute Gasteiger partial charge is 0.321 e. The van der Waals surface area contributed by atoms with Crippen LogP contribution in [-0.2, 0) is 10.0 Å². The zero-order chi connectivity index (χ0) is 15.5. The summed E-state index contributed by atoms with van der Waals surface area (Å²) in [6, 6.07) is 9.38. The molecule has 1 amide bonds. The number of pyridine rings is 1. The summed E-state index contributed by atoms with van der Waals surface area (Å²) in [7, 11) is -2.34. The van der Waals surface area contributed by atoms with Crippen molar-refractivity contribution in [3.05, 3.63) is 52.8 Å². The molecule has 0 aliphatic heterocycles. The van der Waals surface area contributed by atoms with Crippen LogP contribution in [0.3, 0.4) is 0 Å². The van der Waals surface area contributed by atoms with Gasteiger partial charge in [-0.25, -0.2) is 18.1 Å². The third-order valence-electron chi connectivity index (χ3n) is 2.68. The summed E-state index contributed by atoms with van der Waals surface area (Å²) in [5.41, 5.74) is 0.537. The predicted molar refractivity (Wildman–Crippen MR) is 82.6 cm³/mol. The molecule has 0 aliphatic carbocycles. The van der Waals surface area contributed by atoms with E-state index in [1.54, 1.807) is 24.3 Å². The molecule has 0 atom stereocenters. The Kier molecular flexibility index (Phi) is 4.71. The predicted octanol–water partition coefficient (Wildman–Crippen LogP) is 2.00. The van der Waals surface area contributed by atoms with Crippen molar-refractivity contribution in [2.24, 2.45) is 0 Å². The average molecular weight is 370 g/mol. The van der Waals surface area contributed by atoms with E-state index in [0.29, 0.717) is 10.2 Å². The van der Waals surface area contributed by atoms with Gasteiger partial charge in [0.2, 0.25) is 10.0 Å². The molecule has 0 saturated carbocycles. The van der Waals surface area contributed by atoms with Crippen LogP contribution in [0.15, 0.2) is 52.1 Å². The van der Waals surface area contributed by atoms with Crippen molar-refractivity contribution in [1.82, 2.24) is 9.71 Å². The van der Waals surface area contributed by atoms with Crippen LogP contribution in [0, 0.1) is 0 Å². The van der Waals surface area contributed by atoms with Crippen molar-refractivity contribution in [3.8, 4) is 0 Å². The van der Waals surface area contributed by atoms with E-state index in [1.165, 1.54) is 25.4 Å². The molecule has 0 spiro atoms. The fourth-order valence-electron chi connectivity index (χ4n) is 1.62. The summed E-state index contributed by atoms with van der Waals surface area (Å²) in [6.07, 6.45) is 1.40. The maximum atomic E-state index is 12.1. The van der Waals surface area contributed by atoms with Gasteiger partial charge in [-0.05, 0) is 47.2 Å². The molecule has 2 aromatic rings. The van der Waals surface area contributed by atoms with Gasteiger partial charge in [-0.3, -0.25) is 4.79 Å². The summed E-state index contributed by atoms with van der Waals surface area (Å²) in [6.45, 7) is 0. The number of nitrogens with zero attached hydrogens (tertiary/aromatic N) is 1. The molecule has 110 valence electrons. The number of sulfonamides is 1. The topological polar surface area (TPSA) is 88.2 Å². The Bertz CT molecular complexity index is 760. The van der Waals surface area contributed by atoms with Crippen molar-refractivity contribution >= 4 is 37.5 Å². The fraction of sp³-hybridized carbons (Fsp3) is 0.0769. The molecule has 0 bridgehead atoms. The van der Waals surface area contributed by atoms with Gasteiger partial charge in [-0.1, -0.05) is 12.1 Å². The third kappa shape index (κ3) is 3.66. The number of aromatic nitrogens is 1. The normalized spacial score (nSPS) is 11.1. The highest BCUT2D eigenvalue weighted by Crippen LogP contribution is 2.21. The minimum Gasteiger partial charge on any atom is -0.321 e. The number of amides is 1. The molecule has 8 heteroatoms. The van der Waals surface area contributed by atoms with E-state index >= 15 is 0 Å². The first-order valence-electron chi connectivity index (χ1n) is 5.89. The maximum Gasteiger partial charge on any atom is 0.257 e. The van der Waals surface area contributed by atoms with Gasteiger partial charge in [0.05, 0.1) is 11.3 Å². The summed E-state index contributed by atoms with van der Waals surface area (Å²) < 4.78 is 26.6. The van der Waals surface area contributed by atoms with Crippen molar-refractivity contribution in [3.63, 3.8) is 0 Å². The summed E-state index contributed by atoms with van der Waals surface area (Å²) >= 11 is 3.18. The monoisotopic (exact) mass is 369 g/mol. The lowest BCUT2D eigenvalue weighted by Gasteiger charge is -2.10. The lowest BCUT2D eigenvalue weighted by atomic mass is 10.2. The van der Waals surface area contributed by atoms with E-state index in [9.17, 15) is 13.2 Å². The second-order valence-electron chi connectivity index (χ2n) is 4.03. The Morgan fingerprint density at radius 2 is 1.90 bits per heavy atom. The molecule has 1 aromatic carbocycles. The Morgan fingerprint density at radius 1 is 1.19 bits per heavy atom. The van der Waals surface area contributed by atoms with Crippen molar-refractivity contribution in [1.29, 1.82) is 0 Å². The Balaban J connectivity index is 2.32. The van der Waals surface area contributed by atoms with E-state index in [4.69, 9.17) is 0 Å². The van der Waals surface area contributed by atoms with Gasteiger partial charge in [0.1, 0.15) is 9.50 Å². The number of para-hydroxylation sites is 1. The second kappa shape index (κ2) is 6.33. The minimum absolute atomic E-state index is 0.00548. The number of nitrogens with one attached hydrogen (secondary N) is 2. The molecule has 0 unspecified atom stereocenters. The first-order valence-corrected chi connectivity index (χ1v) is 8.17. The number of hydrogen-bond acceptors (Lipinski definition) is 4. The second-order valence-corrected chi connectivity index (χ2v) is 6.69. The van der Waals surface area contributed by atoms with Gasteiger partial charge in [0, 0.05) is 6.20 Å². The summed E-state index contributed by atoms with van der Waals surface area (Å²) in [5, 5.41) is 2.57. The highest BCUT2D eigenvalue weighted by Gasteiger charge is 2.18. The first-order chi connectivity index (χ1) is 9.94. The highest BCUT2D eigenvalue weighted by molar-refractivity contribution is 9.10. The molecule has 0 radical (unpaired) electrons. The smallest absolute Gasteiger partial charge is 0.257 e. The molecule has 0 aliphatic rings. The van der Waals surface area contributed by atoms with E-state index in [2.05, 4.69) is 31.0 Å². The Labute approximate surface area is 130 Å². The number of benzene rings is 1. The quantitative estimate of drug-likeness (QED) is 0.806. The summed E-state index contributed by atoms with van der Waals surface area (Å²) in [5.74, 6) is -0.436. The van der Waals surface area contributed by atoms with Gasteiger partial charge < -0.3 is 5.32 Å². The number of hydrogen-bond donors (Lipinski definition) is 2.